The largest absolute Gasteiger partial charge is 0.522 e. The van der Waals surface area contributed by atoms with Crippen molar-refractivity contribution in [3.05, 3.63) is 48.0 Å². The Labute approximate surface area is 185 Å². The molecular weight excluding hydrogens is 397 g/mol. The SMILES string of the molecule is C#CC1(c2ccc(CC[C@H]3CC[C@H](CCC=C)CC3)cc2)CCC(OC(F)(F)F)CC1. The second-order valence-corrected chi connectivity index (χ2v) is 9.48. The van der Waals surface area contributed by atoms with Crippen LogP contribution < -0.4 is 0 Å². The van der Waals surface area contributed by atoms with Crippen molar-refractivity contribution in [3.63, 3.8) is 0 Å². The molecule has 0 bridgehead atoms. The molecule has 0 unspecified atom stereocenters. The van der Waals surface area contributed by atoms with Crippen LogP contribution in [0.1, 0.15) is 81.8 Å². The summed E-state index contributed by atoms with van der Waals surface area (Å²) < 4.78 is 41.7. The van der Waals surface area contributed by atoms with Crippen LogP contribution in [0.15, 0.2) is 36.9 Å². The van der Waals surface area contributed by atoms with E-state index in [9.17, 15) is 13.2 Å². The summed E-state index contributed by atoms with van der Waals surface area (Å²) in [5.74, 6) is 4.60. The maximum Gasteiger partial charge on any atom is 0.522 e. The summed E-state index contributed by atoms with van der Waals surface area (Å²) in [4.78, 5) is 0. The summed E-state index contributed by atoms with van der Waals surface area (Å²) >= 11 is 0. The van der Waals surface area contributed by atoms with Crippen molar-refractivity contribution < 1.29 is 17.9 Å². The molecule has 3 rings (SSSR count). The van der Waals surface area contributed by atoms with Gasteiger partial charge in [0.2, 0.25) is 0 Å². The fourth-order valence-electron chi connectivity index (χ4n) is 5.43. The summed E-state index contributed by atoms with van der Waals surface area (Å²) in [7, 11) is 0. The Morgan fingerprint density at radius 2 is 1.58 bits per heavy atom. The van der Waals surface area contributed by atoms with E-state index in [2.05, 4.69) is 41.5 Å². The Morgan fingerprint density at radius 1 is 1.00 bits per heavy atom. The molecular formula is C27H35F3O. The number of halogens is 3. The number of terminal acetylenes is 1. The van der Waals surface area contributed by atoms with E-state index >= 15 is 0 Å². The lowest BCUT2D eigenvalue weighted by atomic mass is 9.69. The van der Waals surface area contributed by atoms with E-state index < -0.39 is 17.9 Å². The molecule has 0 atom stereocenters. The molecule has 2 aliphatic rings. The van der Waals surface area contributed by atoms with Gasteiger partial charge in [0, 0.05) is 0 Å². The molecule has 4 heteroatoms. The average molecular weight is 433 g/mol. The van der Waals surface area contributed by atoms with Gasteiger partial charge in [0.05, 0.1) is 11.5 Å². The first-order chi connectivity index (χ1) is 14.8. The first-order valence-electron chi connectivity index (χ1n) is 11.8. The third-order valence-corrected chi connectivity index (χ3v) is 7.46. The van der Waals surface area contributed by atoms with Gasteiger partial charge in [-0.3, -0.25) is 4.74 Å². The highest BCUT2D eigenvalue weighted by Crippen LogP contribution is 2.41. The van der Waals surface area contributed by atoms with Gasteiger partial charge in [0.25, 0.3) is 0 Å². The number of allylic oxidation sites excluding steroid dienone is 1. The first kappa shape index (κ1) is 23.9. The molecule has 2 saturated carbocycles. The van der Waals surface area contributed by atoms with Crippen LogP contribution in [0.5, 0.6) is 0 Å². The number of benzene rings is 1. The Kier molecular flexibility index (Phi) is 8.28. The second kappa shape index (κ2) is 10.7. The number of ether oxygens (including phenoxy) is 1. The molecule has 170 valence electrons. The highest BCUT2D eigenvalue weighted by molar-refractivity contribution is 5.37. The molecule has 2 aliphatic carbocycles. The van der Waals surface area contributed by atoms with Crippen LogP contribution in [0.25, 0.3) is 0 Å². The molecule has 0 aliphatic heterocycles. The minimum atomic E-state index is -4.58. The molecule has 0 saturated heterocycles. The maximum absolute atomic E-state index is 12.5. The number of hydrogen-bond donors (Lipinski definition) is 0. The number of rotatable bonds is 8. The predicted octanol–water partition coefficient (Wildman–Crippen LogP) is 7.74. The Balaban J connectivity index is 1.48. The third-order valence-electron chi connectivity index (χ3n) is 7.46. The Bertz CT molecular complexity index is 727. The average Bonchev–Trinajstić information content (AvgIpc) is 2.77. The van der Waals surface area contributed by atoms with Crippen LogP contribution in [-0.2, 0) is 16.6 Å². The zero-order valence-electron chi connectivity index (χ0n) is 18.4. The minimum absolute atomic E-state index is 0.334. The van der Waals surface area contributed by atoms with E-state index in [-0.39, 0.29) is 0 Å². The Morgan fingerprint density at radius 3 is 2.10 bits per heavy atom. The number of hydrogen-bond acceptors (Lipinski definition) is 1. The smallest absolute Gasteiger partial charge is 0.289 e. The molecule has 0 N–H and O–H groups in total. The second-order valence-electron chi connectivity index (χ2n) is 9.48. The van der Waals surface area contributed by atoms with Crippen molar-refractivity contribution in [2.45, 2.75) is 94.9 Å². The normalized spacial score (nSPS) is 29.3. The molecule has 0 amide bonds. The standard InChI is InChI=1S/C27H35F3O/c1-3-5-6-21-7-9-22(10-8-21)11-12-23-13-15-24(16-14-23)26(4-2)19-17-25(18-20-26)31-27(28,29)30/h2-3,13-16,21-22,25H,1,5-12,17-20H2/t21-,22-,25?,26?. The van der Waals surface area contributed by atoms with Crippen molar-refractivity contribution in [1.82, 2.24) is 0 Å². The molecule has 0 radical (unpaired) electrons. The van der Waals surface area contributed by atoms with E-state index in [1.807, 2.05) is 6.08 Å². The van der Waals surface area contributed by atoms with E-state index in [1.54, 1.807) is 0 Å². The highest BCUT2D eigenvalue weighted by atomic mass is 19.4. The summed E-state index contributed by atoms with van der Waals surface area (Å²) in [6, 6.07) is 8.49. The van der Waals surface area contributed by atoms with Gasteiger partial charge in [-0.1, -0.05) is 61.9 Å². The molecule has 2 fully saturated rings. The van der Waals surface area contributed by atoms with Crippen LogP contribution in [0, 0.1) is 24.2 Å². The lowest BCUT2D eigenvalue weighted by Crippen LogP contribution is -2.35. The van der Waals surface area contributed by atoms with Crippen LogP contribution in [0.2, 0.25) is 0 Å². The van der Waals surface area contributed by atoms with Crippen LogP contribution in [-0.4, -0.2) is 12.5 Å². The molecule has 0 spiro atoms. The monoisotopic (exact) mass is 432 g/mol. The molecule has 31 heavy (non-hydrogen) atoms. The topological polar surface area (TPSA) is 9.23 Å². The van der Waals surface area contributed by atoms with Gasteiger partial charge in [0.15, 0.2) is 0 Å². The van der Waals surface area contributed by atoms with Crippen molar-refractivity contribution in [2.75, 3.05) is 0 Å². The maximum atomic E-state index is 12.5. The van der Waals surface area contributed by atoms with Gasteiger partial charge in [0.1, 0.15) is 0 Å². The lowest BCUT2D eigenvalue weighted by Gasteiger charge is -2.37. The number of alkyl halides is 3. The lowest BCUT2D eigenvalue weighted by molar-refractivity contribution is -0.345. The van der Waals surface area contributed by atoms with Crippen molar-refractivity contribution in [1.29, 1.82) is 0 Å². The van der Waals surface area contributed by atoms with Gasteiger partial charge in [-0.2, -0.15) is 0 Å². The molecule has 0 heterocycles. The van der Waals surface area contributed by atoms with E-state index in [0.717, 1.165) is 30.2 Å². The fraction of sp³-hybridized carbons (Fsp3) is 0.630. The van der Waals surface area contributed by atoms with Gasteiger partial charge in [-0.05, 0) is 74.3 Å². The van der Waals surface area contributed by atoms with Gasteiger partial charge < -0.3 is 0 Å². The number of aryl methyl sites for hydroxylation is 1. The predicted molar refractivity (Wildman–Crippen MR) is 120 cm³/mol. The van der Waals surface area contributed by atoms with Gasteiger partial charge in [-0.15, -0.1) is 26.2 Å². The summed E-state index contributed by atoms with van der Waals surface area (Å²) in [6.07, 6.45) is 14.3. The summed E-state index contributed by atoms with van der Waals surface area (Å²) in [5.41, 5.74) is 1.89. The van der Waals surface area contributed by atoms with Crippen LogP contribution in [0.3, 0.4) is 0 Å². The molecule has 0 aromatic heterocycles. The third kappa shape index (κ3) is 6.88. The summed E-state index contributed by atoms with van der Waals surface area (Å²) in [6.45, 7) is 3.83. The minimum Gasteiger partial charge on any atom is -0.289 e. The molecule has 1 aromatic rings. The molecule has 1 aromatic carbocycles. The van der Waals surface area contributed by atoms with E-state index in [1.165, 1.54) is 44.1 Å². The van der Waals surface area contributed by atoms with Crippen LogP contribution in [0.4, 0.5) is 13.2 Å². The van der Waals surface area contributed by atoms with Crippen molar-refractivity contribution in [2.24, 2.45) is 11.8 Å². The Hall–Kier alpha value is -1.73. The van der Waals surface area contributed by atoms with Crippen molar-refractivity contribution in [3.8, 4) is 12.3 Å². The van der Waals surface area contributed by atoms with Gasteiger partial charge >= 0.3 is 6.36 Å². The fourth-order valence-corrected chi connectivity index (χ4v) is 5.43. The zero-order valence-corrected chi connectivity index (χ0v) is 18.4. The van der Waals surface area contributed by atoms with Crippen LogP contribution >= 0.6 is 0 Å². The zero-order chi connectivity index (χ0) is 22.3. The molecule has 1 nitrogen and oxygen atoms in total. The van der Waals surface area contributed by atoms with E-state index in [0.29, 0.717) is 25.7 Å². The van der Waals surface area contributed by atoms with Crippen molar-refractivity contribution >= 4 is 0 Å². The van der Waals surface area contributed by atoms with E-state index in [4.69, 9.17) is 6.42 Å². The van der Waals surface area contributed by atoms with Gasteiger partial charge in [-0.25, -0.2) is 0 Å². The highest BCUT2D eigenvalue weighted by Gasteiger charge is 2.40. The first-order valence-corrected chi connectivity index (χ1v) is 11.8. The quantitative estimate of drug-likeness (QED) is 0.301. The summed E-state index contributed by atoms with van der Waals surface area (Å²) in [5, 5.41) is 0.